The Morgan fingerprint density at radius 3 is 2.76 bits per heavy atom. The maximum atomic E-state index is 9.45. The number of anilines is 1. The Hall–Kier alpha value is -1.06. The molecule has 2 unspecified atom stereocenters. The Kier molecular flexibility index (Phi) is 3.69. The Balaban J connectivity index is 2.25. The van der Waals surface area contributed by atoms with E-state index in [-0.39, 0.29) is 12.6 Å². The molecule has 0 amide bonds. The predicted molar refractivity (Wildman–Crippen MR) is 71.6 cm³/mol. The second-order valence-electron chi connectivity index (χ2n) is 5.07. The summed E-state index contributed by atoms with van der Waals surface area (Å²) in [6, 6.07) is 7.19. The minimum atomic E-state index is 0.188. The summed E-state index contributed by atoms with van der Waals surface area (Å²) < 4.78 is 0. The molecule has 0 aliphatic carbocycles. The van der Waals surface area contributed by atoms with E-state index < -0.39 is 0 Å². The summed E-state index contributed by atoms with van der Waals surface area (Å²) in [5.41, 5.74) is 3.85. The average Bonchev–Trinajstić information content (AvgIpc) is 2.32. The summed E-state index contributed by atoms with van der Waals surface area (Å²) >= 11 is 0. The molecule has 1 fully saturated rings. The van der Waals surface area contributed by atoms with Crippen LogP contribution in [0.15, 0.2) is 18.2 Å². The van der Waals surface area contributed by atoms with Crippen LogP contribution < -0.4 is 10.2 Å². The molecule has 0 bridgehead atoms. The van der Waals surface area contributed by atoms with Crippen LogP contribution in [0, 0.1) is 13.8 Å². The second-order valence-corrected chi connectivity index (χ2v) is 5.07. The van der Waals surface area contributed by atoms with E-state index in [9.17, 15) is 5.11 Å². The standard InChI is InChI=1S/C14H22N2O/c1-10-4-5-13(6-11(10)2)16-8-12(3)15-7-14(16)9-17/h4-6,12,14-15,17H,7-9H2,1-3H3. The molecule has 1 heterocycles. The fourth-order valence-electron chi connectivity index (χ4n) is 2.34. The van der Waals surface area contributed by atoms with E-state index in [0.29, 0.717) is 6.04 Å². The van der Waals surface area contributed by atoms with Crippen LogP contribution in [0.25, 0.3) is 0 Å². The van der Waals surface area contributed by atoms with Crippen molar-refractivity contribution in [2.75, 3.05) is 24.6 Å². The molecule has 3 heteroatoms. The van der Waals surface area contributed by atoms with Gasteiger partial charge in [-0.25, -0.2) is 0 Å². The number of rotatable bonds is 2. The summed E-state index contributed by atoms with van der Waals surface area (Å²) in [6.07, 6.45) is 0. The molecule has 0 spiro atoms. The molecular weight excluding hydrogens is 212 g/mol. The molecule has 0 aromatic heterocycles. The second kappa shape index (κ2) is 5.07. The fourth-order valence-corrected chi connectivity index (χ4v) is 2.34. The van der Waals surface area contributed by atoms with Crippen LogP contribution in [-0.2, 0) is 0 Å². The molecule has 1 aliphatic rings. The first kappa shape index (κ1) is 12.4. The van der Waals surface area contributed by atoms with Gasteiger partial charge >= 0.3 is 0 Å². The third kappa shape index (κ3) is 2.61. The normalized spacial score (nSPS) is 25.1. The first-order valence-corrected chi connectivity index (χ1v) is 6.30. The molecule has 2 rings (SSSR count). The highest BCUT2D eigenvalue weighted by molar-refractivity contribution is 5.52. The summed E-state index contributed by atoms with van der Waals surface area (Å²) in [5, 5.41) is 12.9. The van der Waals surface area contributed by atoms with E-state index in [2.05, 4.69) is 49.2 Å². The van der Waals surface area contributed by atoms with Gasteiger partial charge in [-0.05, 0) is 44.0 Å². The zero-order valence-electron chi connectivity index (χ0n) is 10.9. The Morgan fingerprint density at radius 2 is 2.12 bits per heavy atom. The molecular formula is C14H22N2O. The van der Waals surface area contributed by atoms with Gasteiger partial charge in [0.25, 0.3) is 0 Å². The predicted octanol–water partition coefficient (Wildman–Crippen LogP) is 1.46. The summed E-state index contributed by atoms with van der Waals surface area (Å²) in [5.74, 6) is 0. The molecule has 2 atom stereocenters. The molecule has 94 valence electrons. The van der Waals surface area contributed by atoms with Crippen LogP contribution in [0.1, 0.15) is 18.1 Å². The van der Waals surface area contributed by atoms with Crippen molar-refractivity contribution in [2.45, 2.75) is 32.9 Å². The molecule has 17 heavy (non-hydrogen) atoms. The minimum absolute atomic E-state index is 0.188. The van der Waals surface area contributed by atoms with Crippen LogP contribution in [0.2, 0.25) is 0 Å². The number of benzene rings is 1. The van der Waals surface area contributed by atoms with Crippen molar-refractivity contribution in [2.24, 2.45) is 0 Å². The highest BCUT2D eigenvalue weighted by atomic mass is 16.3. The highest BCUT2D eigenvalue weighted by Gasteiger charge is 2.25. The largest absolute Gasteiger partial charge is 0.394 e. The van der Waals surface area contributed by atoms with Gasteiger partial charge in [-0.1, -0.05) is 6.07 Å². The number of nitrogens with one attached hydrogen (secondary N) is 1. The van der Waals surface area contributed by atoms with Crippen molar-refractivity contribution < 1.29 is 5.11 Å². The highest BCUT2D eigenvalue weighted by Crippen LogP contribution is 2.22. The Bertz CT molecular complexity index is 392. The van der Waals surface area contributed by atoms with Crippen molar-refractivity contribution in [3.63, 3.8) is 0 Å². The van der Waals surface area contributed by atoms with E-state index in [0.717, 1.165) is 13.1 Å². The van der Waals surface area contributed by atoms with Gasteiger partial charge in [0, 0.05) is 24.8 Å². The SMILES string of the molecule is Cc1ccc(N2CC(C)NCC2CO)cc1C. The van der Waals surface area contributed by atoms with Crippen molar-refractivity contribution >= 4 is 5.69 Å². The van der Waals surface area contributed by atoms with Gasteiger partial charge in [-0.3, -0.25) is 0 Å². The van der Waals surface area contributed by atoms with Gasteiger partial charge in [-0.15, -0.1) is 0 Å². The van der Waals surface area contributed by atoms with Crippen molar-refractivity contribution in [3.8, 4) is 0 Å². The summed E-state index contributed by atoms with van der Waals surface area (Å²) in [4.78, 5) is 2.31. The topological polar surface area (TPSA) is 35.5 Å². The summed E-state index contributed by atoms with van der Waals surface area (Å²) in [7, 11) is 0. The van der Waals surface area contributed by atoms with Crippen LogP contribution in [0.3, 0.4) is 0 Å². The average molecular weight is 234 g/mol. The Morgan fingerprint density at radius 1 is 1.35 bits per heavy atom. The van der Waals surface area contributed by atoms with Gasteiger partial charge in [0.2, 0.25) is 0 Å². The quantitative estimate of drug-likeness (QED) is 0.813. The molecule has 0 saturated carbocycles. The lowest BCUT2D eigenvalue weighted by atomic mass is 10.1. The van der Waals surface area contributed by atoms with Crippen LogP contribution in [0.4, 0.5) is 5.69 Å². The monoisotopic (exact) mass is 234 g/mol. The lowest BCUT2D eigenvalue weighted by Gasteiger charge is -2.40. The molecule has 2 N–H and O–H groups in total. The first-order valence-electron chi connectivity index (χ1n) is 6.30. The van der Waals surface area contributed by atoms with Gasteiger partial charge < -0.3 is 15.3 Å². The lowest BCUT2D eigenvalue weighted by molar-refractivity contribution is 0.237. The lowest BCUT2D eigenvalue weighted by Crippen LogP contribution is -2.57. The van der Waals surface area contributed by atoms with Crippen LogP contribution in [-0.4, -0.2) is 36.9 Å². The van der Waals surface area contributed by atoms with Crippen molar-refractivity contribution in [1.82, 2.24) is 5.32 Å². The zero-order valence-corrected chi connectivity index (χ0v) is 10.9. The maximum Gasteiger partial charge on any atom is 0.0647 e. The molecule has 1 aromatic carbocycles. The third-order valence-electron chi connectivity index (χ3n) is 3.65. The number of aryl methyl sites for hydroxylation is 2. The van der Waals surface area contributed by atoms with Crippen molar-refractivity contribution in [1.29, 1.82) is 0 Å². The smallest absolute Gasteiger partial charge is 0.0647 e. The van der Waals surface area contributed by atoms with Gasteiger partial charge in [0.05, 0.1) is 12.6 Å². The number of hydrogen-bond donors (Lipinski definition) is 2. The van der Waals surface area contributed by atoms with E-state index in [1.807, 2.05) is 0 Å². The van der Waals surface area contributed by atoms with E-state index in [4.69, 9.17) is 0 Å². The van der Waals surface area contributed by atoms with Crippen LogP contribution >= 0.6 is 0 Å². The number of nitrogens with zero attached hydrogens (tertiary/aromatic N) is 1. The van der Waals surface area contributed by atoms with E-state index >= 15 is 0 Å². The van der Waals surface area contributed by atoms with E-state index in [1.165, 1.54) is 16.8 Å². The number of hydrogen-bond acceptors (Lipinski definition) is 3. The van der Waals surface area contributed by atoms with Gasteiger partial charge in [0.1, 0.15) is 0 Å². The zero-order chi connectivity index (χ0) is 12.4. The van der Waals surface area contributed by atoms with E-state index in [1.54, 1.807) is 0 Å². The Labute approximate surface area is 103 Å². The molecule has 1 aromatic rings. The molecule has 1 saturated heterocycles. The fraction of sp³-hybridized carbons (Fsp3) is 0.571. The molecule has 0 radical (unpaired) electrons. The summed E-state index contributed by atoms with van der Waals surface area (Å²) in [6.45, 7) is 8.45. The number of piperazine rings is 1. The first-order chi connectivity index (χ1) is 8.11. The van der Waals surface area contributed by atoms with Crippen LogP contribution in [0.5, 0.6) is 0 Å². The minimum Gasteiger partial charge on any atom is -0.394 e. The maximum absolute atomic E-state index is 9.45. The number of aliphatic hydroxyl groups excluding tert-OH is 1. The van der Waals surface area contributed by atoms with Crippen molar-refractivity contribution in [3.05, 3.63) is 29.3 Å². The third-order valence-corrected chi connectivity index (χ3v) is 3.65. The molecule has 3 nitrogen and oxygen atoms in total. The van der Waals surface area contributed by atoms with Gasteiger partial charge in [-0.2, -0.15) is 0 Å². The number of aliphatic hydroxyl groups is 1. The van der Waals surface area contributed by atoms with Gasteiger partial charge in [0.15, 0.2) is 0 Å². The molecule has 1 aliphatic heterocycles.